The maximum Gasteiger partial charge on any atom is 0.0593 e. The minimum atomic E-state index is 0.846. The largest absolute Gasteiger partial charge is 0.301 e. The Morgan fingerprint density at radius 3 is 2.55 bits per heavy atom. The van der Waals surface area contributed by atoms with Crippen LogP contribution in [0.15, 0.2) is 12.3 Å². The first-order valence-corrected chi connectivity index (χ1v) is 9.01. The molecular formula is C15H26N4S. The normalized spacial score (nSPS) is 23.2. The zero-order chi connectivity index (χ0) is 13.8. The molecule has 0 radical (unpaired) electrons. The van der Waals surface area contributed by atoms with Gasteiger partial charge in [0, 0.05) is 43.4 Å². The van der Waals surface area contributed by atoms with Crippen LogP contribution in [0.3, 0.4) is 0 Å². The van der Waals surface area contributed by atoms with Crippen molar-refractivity contribution in [2.24, 2.45) is 0 Å². The molecule has 3 heterocycles. The second-order valence-electron chi connectivity index (χ2n) is 5.94. The highest BCUT2D eigenvalue weighted by atomic mass is 32.2. The zero-order valence-corrected chi connectivity index (χ0v) is 13.3. The van der Waals surface area contributed by atoms with Gasteiger partial charge in [0.2, 0.25) is 0 Å². The van der Waals surface area contributed by atoms with Crippen LogP contribution in [0.4, 0.5) is 0 Å². The van der Waals surface area contributed by atoms with Gasteiger partial charge < -0.3 is 4.90 Å². The summed E-state index contributed by atoms with van der Waals surface area (Å²) < 4.78 is 2.07. The highest BCUT2D eigenvalue weighted by Crippen LogP contribution is 2.20. The fraction of sp³-hybridized carbons (Fsp3) is 0.800. The summed E-state index contributed by atoms with van der Waals surface area (Å²) in [5, 5.41) is 4.46. The van der Waals surface area contributed by atoms with Crippen LogP contribution < -0.4 is 0 Å². The van der Waals surface area contributed by atoms with Gasteiger partial charge in [0.15, 0.2) is 0 Å². The van der Waals surface area contributed by atoms with E-state index in [0.29, 0.717) is 0 Å². The van der Waals surface area contributed by atoms with Gasteiger partial charge in [0.05, 0.1) is 12.2 Å². The molecule has 0 aliphatic carbocycles. The molecule has 2 saturated heterocycles. The van der Waals surface area contributed by atoms with E-state index in [-0.39, 0.29) is 0 Å². The summed E-state index contributed by atoms with van der Waals surface area (Å²) >= 11 is 2.11. The maximum absolute atomic E-state index is 4.46. The van der Waals surface area contributed by atoms with Gasteiger partial charge in [0.25, 0.3) is 0 Å². The Morgan fingerprint density at radius 2 is 1.90 bits per heavy atom. The number of rotatable bonds is 4. The van der Waals surface area contributed by atoms with Gasteiger partial charge in [-0.25, -0.2) is 0 Å². The summed E-state index contributed by atoms with van der Waals surface area (Å²) in [6.07, 6.45) is 4.79. The van der Waals surface area contributed by atoms with Crippen molar-refractivity contribution in [1.29, 1.82) is 0 Å². The first kappa shape index (κ1) is 14.4. The second kappa shape index (κ2) is 6.96. The van der Waals surface area contributed by atoms with Crippen molar-refractivity contribution < 1.29 is 0 Å². The maximum atomic E-state index is 4.46. The van der Waals surface area contributed by atoms with Gasteiger partial charge in [0.1, 0.15) is 0 Å². The molecule has 0 bridgehead atoms. The fourth-order valence-electron chi connectivity index (χ4n) is 3.28. The van der Waals surface area contributed by atoms with E-state index >= 15 is 0 Å². The molecule has 0 unspecified atom stereocenters. The predicted molar refractivity (Wildman–Crippen MR) is 85.3 cm³/mol. The van der Waals surface area contributed by atoms with E-state index in [2.05, 4.69) is 50.5 Å². The predicted octanol–water partition coefficient (Wildman–Crippen LogP) is 1.70. The van der Waals surface area contributed by atoms with Crippen molar-refractivity contribution in [1.82, 2.24) is 19.6 Å². The Bertz CT molecular complexity index is 406. The van der Waals surface area contributed by atoms with E-state index < -0.39 is 0 Å². The molecule has 5 heteroatoms. The van der Waals surface area contributed by atoms with E-state index in [1.165, 1.54) is 50.5 Å². The molecular weight excluding hydrogens is 268 g/mol. The molecule has 0 spiro atoms. The van der Waals surface area contributed by atoms with Crippen LogP contribution in [0.25, 0.3) is 0 Å². The third-order valence-electron chi connectivity index (χ3n) is 4.54. The summed E-state index contributed by atoms with van der Waals surface area (Å²) in [5.41, 5.74) is 1.12. The SMILES string of the molecule is Cc1ccn(CCN2CCC(N3CCSCC3)CC2)n1. The van der Waals surface area contributed by atoms with Gasteiger partial charge >= 0.3 is 0 Å². The molecule has 2 aliphatic rings. The molecule has 4 nitrogen and oxygen atoms in total. The lowest BCUT2D eigenvalue weighted by Gasteiger charge is -2.40. The third kappa shape index (κ3) is 3.77. The van der Waals surface area contributed by atoms with Crippen molar-refractivity contribution in [3.8, 4) is 0 Å². The number of hydrogen-bond donors (Lipinski definition) is 0. The lowest BCUT2D eigenvalue weighted by molar-refractivity contribution is 0.113. The van der Waals surface area contributed by atoms with E-state index in [1.807, 2.05) is 0 Å². The first-order valence-electron chi connectivity index (χ1n) is 7.85. The Labute approximate surface area is 126 Å². The highest BCUT2D eigenvalue weighted by molar-refractivity contribution is 7.99. The molecule has 2 aliphatic heterocycles. The quantitative estimate of drug-likeness (QED) is 0.844. The van der Waals surface area contributed by atoms with E-state index in [4.69, 9.17) is 0 Å². The molecule has 0 saturated carbocycles. The summed E-state index contributed by atoms with van der Waals surface area (Å²) in [5.74, 6) is 2.66. The second-order valence-corrected chi connectivity index (χ2v) is 7.17. The molecule has 1 aromatic heterocycles. The van der Waals surface area contributed by atoms with Gasteiger partial charge in [-0.2, -0.15) is 16.9 Å². The lowest BCUT2D eigenvalue weighted by Crippen LogP contribution is -2.48. The van der Waals surface area contributed by atoms with Crippen LogP contribution in [0.1, 0.15) is 18.5 Å². The highest BCUT2D eigenvalue weighted by Gasteiger charge is 2.25. The van der Waals surface area contributed by atoms with Crippen molar-refractivity contribution in [3.63, 3.8) is 0 Å². The molecule has 2 fully saturated rings. The molecule has 0 aromatic carbocycles. The standard InChI is InChI=1S/C15H26N4S/c1-14-2-7-19(16-14)9-8-17-5-3-15(4-6-17)18-10-12-20-13-11-18/h2,7,15H,3-6,8-13H2,1H3. The minimum Gasteiger partial charge on any atom is -0.301 e. The number of aryl methyl sites for hydroxylation is 1. The van der Waals surface area contributed by atoms with Gasteiger partial charge in [-0.1, -0.05) is 0 Å². The number of likely N-dealkylation sites (tertiary alicyclic amines) is 1. The van der Waals surface area contributed by atoms with E-state index in [1.54, 1.807) is 0 Å². The van der Waals surface area contributed by atoms with Gasteiger partial charge in [-0.3, -0.25) is 9.58 Å². The molecule has 20 heavy (non-hydrogen) atoms. The smallest absolute Gasteiger partial charge is 0.0593 e. The third-order valence-corrected chi connectivity index (χ3v) is 5.48. The van der Waals surface area contributed by atoms with Crippen molar-refractivity contribution in [3.05, 3.63) is 18.0 Å². The Hall–Kier alpha value is -0.520. The monoisotopic (exact) mass is 294 g/mol. The van der Waals surface area contributed by atoms with Crippen LogP contribution >= 0.6 is 11.8 Å². The summed E-state index contributed by atoms with van der Waals surface area (Å²) in [6.45, 7) is 9.36. The van der Waals surface area contributed by atoms with E-state index in [9.17, 15) is 0 Å². The molecule has 3 rings (SSSR count). The lowest BCUT2D eigenvalue weighted by atomic mass is 10.0. The topological polar surface area (TPSA) is 24.3 Å². The fourth-order valence-corrected chi connectivity index (χ4v) is 4.21. The van der Waals surface area contributed by atoms with Crippen LogP contribution in [-0.2, 0) is 6.54 Å². The number of hydrogen-bond acceptors (Lipinski definition) is 4. The number of piperidine rings is 1. The molecule has 0 atom stereocenters. The van der Waals surface area contributed by atoms with Crippen molar-refractivity contribution in [2.75, 3.05) is 44.2 Å². The summed E-state index contributed by atoms with van der Waals surface area (Å²) in [6, 6.07) is 2.93. The Kier molecular flexibility index (Phi) is 5.02. The molecule has 112 valence electrons. The first-order chi connectivity index (χ1) is 9.81. The number of nitrogens with zero attached hydrogens (tertiary/aromatic N) is 4. The Balaban J connectivity index is 1.39. The number of thioether (sulfide) groups is 1. The summed E-state index contributed by atoms with van der Waals surface area (Å²) in [7, 11) is 0. The number of aromatic nitrogens is 2. The average molecular weight is 294 g/mol. The van der Waals surface area contributed by atoms with Crippen molar-refractivity contribution in [2.45, 2.75) is 32.4 Å². The van der Waals surface area contributed by atoms with E-state index in [0.717, 1.165) is 24.8 Å². The van der Waals surface area contributed by atoms with Gasteiger partial charge in [-0.15, -0.1) is 0 Å². The van der Waals surface area contributed by atoms with Crippen LogP contribution in [0, 0.1) is 6.92 Å². The van der Waals surface area contributed by atoms with Crippen LogP contribution in [0.2, 0.25) is 0 Å². The molecule has 0 amide bonds. The molecule has 1 aromatic rings. The zero-order valence-electron chi connectivity index (χ0n) is 12.5. The van der Waals surface area contributed by atoms with Crippen LogP contribution in [-0.4, -0.2) is 69.9 Å². The van der Waals surface area contributed by atoms with Crippen molar-refractivity contribution >= 4 is 11.8 Å². The van der Waals surface area contributed by atoms with Crippen LogP contribution in [0.5, 0.6) is 0 Å². The van der Waals surface area contributed by atoms with Gasteiger partial charge in [-0.05, 0) is 38.9 Å². The average Bonchev–Trinajstić information content (AvgIpc) is 2.92. The Morgan fingerprint density at radius 1 is 1.15 bits per heavy atom. The minimum absolute atomic E-state index is 0.846. The summed E-state index contributed by atoms with van der Waals surface area (Å²) in [4.78, 5) is 5.33. The molecule has 0 N–H and O–H groups in total.